The summed E-state index contributed by atoms with van der Waals surface area (Å²) in [4.78, 5) is 0. The SMILES string of the molecule is CCC(COCc1cccc(Oc2ccccc2)c1)c1ccc(Br)cc1OC(F)F. The van der Waals surface area contributed by atoms with Crippen LogP contribution in [0.3, 0.4) is 0 Å². The molecular formula is C24H23BrF2O3. The molecule has 0 heterocycles. The standard InChI is InChI=1S/C24H23BrF2O3/c1-2-18(22-12-11-19(25)14-23(22)30-24(26)27)16-28-15-17-7-6-10-21(13-17)29-20-8-4-3-5-9-20/h3-14,18,24H,2,15-16H2,1H3. The molecule has 1 atom stereocenters. The molecule has 0 aliphatic rings. The second-order valence-corrected chi connectivity index (χ2v) is 7.66. The molecule has 0 fully saturated rings. The van der Waals surface area contributed by atoms with Crippen molar-refractivity contribution in [3.05, 3.63) is 88.4 Å². The Kier molecular flexibility index (Phi) is 8.22. The van der Waals surface area contributed by atoms with Crippen LogP contribution in [0, 0.1) is 0 Å². The van der Waals surface area contributed by atoms with Crippen molar-refractivity contribution in [2.45, 2.75) is 32.5 Å². The van der Waals surface area contributed by atoms with Gasteiger partial charge in [0.15, 0.2) is 0 Å². The molecule has 0 spiro atoms. The van der Waals surface area contributed by atoms with Gasteiger partial charge in [0.1, 0.15) is 17.2 Å². The number of ether oxygens (including phenoxy) is 3. The highest BCUT2D eigenvalue weighted by molar-refractivity contribution is 9.10. The predicted molar refractivity (Wildman–Crippen MR) is 116 cm³/mol. The molecule has 0 aromatic heterocycles. The topological polar surface area (TPSA) is 27.7 Å². The first kappa shape index (κ1) is 22.2. The Morgan fingerprint density at radius 3 is 2.40 bits per heavy atom. The van der Waals surface area contributed by atoms with Gasteiger partial charge in [0.05, 0.1) is 13.2 Å². The van der Waals surface area contributed by atoms with Crippen molar-refractivity contribution in [1.82, 2.24) is 0 Å². The quantitative estimate of drug-likeness (QED) is 0.302. The van der Waals surface area contributed by atoms with Gasteiger partial charge in [-0.25, -0.2) is 0 Å². The van der Waals surface area contributed by atoms with Crippen molar-refractivity contribution < 1.29 is 23.0 Å². The Hall–Kier alpha value is -2.44. The fourth-order valence-corrected chi connectivity index (χ4v) is 3.45. The van der Waals surface area contributed by atoms with Crippen molar-refractivity contribution in [2.24, 2.45) is 0 Å². The van der Waals surface area contributed by atoms with E-state index in [-0.39, 0.29) is 11.7 Å². The van der Waals surface area contributed by atoms with Gasteiger partial charge in [0.25, 0.3) is 0 Å². The smallest absolute Gasteiger partial charge is 0.387 e. The van der Waals surface area contributed by atoms with Gasteiger partial charge in [-0.3, -0.25) is 0 Å². The van der Waals surface area contributed by atoms with Crippen LogP contribution in [0.2, 0.25) is 0 Å². The molecule has 3 aromatic rings. The zero-order valence-electron chi connectivity index (χ0n) is 16.6. The molecule has 1 unspecified atom stereocenters. The highest BCUT2D eigenvalue weighted by Crippen LogP contribution is 2.33. The lowest BCUT2D eigenvalue weighted by atomic mass is 9.96. The maximum atomic E-state index is 12.8. The van der Waals surface area contributed by atoms with Crippen LogP contribution in [0.1, 0.15) is 30.4 Å². The largest absolute Gasteiger partial charge is 0.457 e. The van der Waals surface area contributed by atoms with E-state index in [0.29, 0.717) is 23.2 Å². The summed E-state index contributed by atoms with van der Waals surface area (Å²) in [5.74, 6) is 1.61. The minimum Gasteiger partial charge on any atom is -0.457 e. The Labute approximate surface area is 183 Å². The Bertz CT molecular complexity index is 935. The number of halogens is 3. The second kappa shape index (κ2) is 11.1. The fraction of sp³-hybridized carbons (Fsp3) is 0.250. The molecule has 0 radical (unpaired) electrons. The summed E-state index contributed by atoms with van der Waals surface area (Å²) in [6.07, 6.45) is 0.735. The summed E-state index contributed by atoms with van der Waals surface area (Å²) in [7, 11) is 0. The predicted octanol–water partition coefficient (Wildman–Crippen LogP) is 7.55. The molecule has 0 aliphatic carbocycles. The molecule has 3 nitrogen and oxygen atoms in total. The van der Waals surface area contributed by atoms with Gasteiger partial charge < -0.3 is 14.2 Å². The van der Waals surface area contributed by atoms with E-state index in [1.54, 1.807) is 12.1 Å². The molecule has 0 saturated carbocycles. The minimum atomic E-state index is -2.87. The average molecular weight is 477 g/mol. The average Bonchev–Trinajstić information content (AvgIpc) is 2.73. The van der Waals surface area contributed by atoms with Gasteiger partial charge in [-0.15, -0.1) is 0 Å². The Morgan fingerprint density at radius 1 is 0.900 bits per heavy atom. The van der Waals surface area contributed by atoms with Crippen LogP contribution < -0.4 is 9.47 Å². The molecular weight excluding hydrogens is 454 g/mol. The number of hydrogen-bond acceptors (Lipinski definition) is 3. The number of para-hydroxylation sites is 1. The molecule has 0 saturated heterocycles. The maximum absolute atomic E-state index is 12.8. The van der Waals surface area contributed by atoms with E-state index in [2.05, 4.69) is 15.9 Å². The molecule has 158 valence electrons. The van der Waals surface area contributed by atoms with Gasteiger partial charge in [-0.1, -0.05) is 59.3 Å². The number of rotatable bonds is 10. The van der Waals surface area contributed by atoms with Crippen molar-refractivity contribution in [1.29, 1.82) is 0 Å². The zero-order chi connectivity index (χ0) is 21.3. The van der Waals surface area contributed by atoms with Gasteiger partial charge in [-0.2, -0.15) is 8.78 Å². The molecule has 3 rings (SSSR count). The van der Waals surface area contributed by atoms with Crippen molar-refractivity contribution >= 4 is 15.9 Å². The normalized spacial score (nSPS) is 12.0. The Morgan fingerprint density at radius 2 is 1.67 bits per heavy atom. The first-order chi connectivity index (χ1) is 14.5. The molecule has 0 aliphatic heterocycles. The summed E-state index contributed by atoms with van der Waals surface area (Å²) in [6, 6.07) is 22.4. The summed E-state index contributed by atoms with van der Waals surface area (Å²) in [5.41, 5.74) is 1.68. The minimum absolute atomic E-state index is 0.0596. The van der Waals surface area contributed by atoms with Gasteiger partial charge in [0, 0.05) is 10.4 Å². The highest BCUT2D eigenvalue weighted by atomic mass is 79.9. The lowest BCUT2D eigenvalue weighted by Gasteiger charge is -2.20. The first-order valence-corrected chi connectivity index (χ1v) is 10.5. The van der Waals surface area contributed by atoms with Crippen LogP contribution in [0.25, 0.3) is 0 Å². The molecule has 30 heavy (non-hydrogen) atoms. The van der Waals surface area contributed by atoms with E-state index in [1.165, 1.54) is 0 Å². The third kappa shape index (κ3) is 6.54. The van der Waals surface area contributed by atoms with Crippen molar-refractivity contribution in [2.75, 3.05) is 6.61 Å². The lowest BCUT2D eigenvalue weighted by Crippen LogP contribution is -2.11. The van der Waals surface area contributed by atoms with Crippen LogP contribution in [-0.4, -0.2) is 13.2 Å². The lowest BCUT2D eigenvalue weighted by molar-refractivity contribution is -0.0509. The van der Waals surface area contributed by atoms with E-state index >= 15 is 0 Å². The van der Waals surface area contributed by atoms with Crippen LogP contribution in [0.15, 0.2) is 77.3 Å². The highest BCUT2D eigenvalue weighted by Gasteiger charge is 2.18. The molecule has 0 bridgehead atoms. The third-order valence-electron chi connectivity index (χ3n) is 4.59. The van der Waals surface area contributed by atoms with E-state index in [4.69, 9.17) is 14.2 Å². The summed E-state index contributed by atoms with van der Waals surface area (Å²) >= 11 is 3.30. The number of hydrogen-bond donors (Lipinski definition) is 0. The van der Waals surface area contributed by atoms with E-state index in [0.717, 1.165) is 23.5 Å². The summed E-state index contributed by atoms with van der Waals surface area (Å²) < 4.78 is 42.7. The van der Waals surface area contributed by atoms with Crippen LogP contribution in [0.4, 0.5) is 8.78 Å². The van der Waals surface area contributed by atoms with Gasteiger partial charge in [-0.05, 0) is 53.9 Å². The molecule has 0 N–H and O–H groups in total. The van der Waals surface area contributed by atoms with Gasteiger partial charge >= 0.3 is 6.61 Å². The van der Waals surface area contributed by atoms with E-state index in [1.807, 2.05) is 67.6 Å². The second-order valence-electron chi connectivity index (χ2n) is 6.74. The molecule has 3 aromatic carbocycles. The van der Waals surface area contributed by atoms with Crippen LogP contribution in [0.5, 0.6) is 17.2 Å². The van der Waals surface area contributed by atoms with Crippen LogP contribution >= 0.6 is 15.9 Å². The summed E-state index contributed by atoms with van der Waals surface area (Å²) in [6.45, 7) is -0.0916. The zero-order valence-corrected chi connectivity index (χ0v) is 18.1. The number of benzene rings is 3. The summed E-state index contributed by atoms with van der Waals surface area (Å²) in [5, 5.41) is 0. The fourth-order valence-electron chi connectivity index (χ4n) is 3.11. The first-order valence-electron chi connectivity index (χ1n) is 9.69. The third-order valence-corrected chi connectivity index (χ3v) is 5.08. The molecule has 6 heteroatoms. The maximum Gasteiger partial charge on any atom is 0.387 e. The molecule has 0 amide bonds. The van der Waals surface area contributed by atoms with Crippen molar-refractivity contribution in [3.63, 3.8) is 0 Å². The van der Waals surface area contributed by atoms with E-state index in [9.17, 15) is 8.78 Å². The Balaban J connectivity index is 1.62. The van der Waals surface area contributed by atoms with Gasteiger partial charge in [0.2, 0.25) is 0 Å². The monoisotopic (exact) mass is 476 g/mol. The van der Waals surface area contributed by atoms with Crippen molar-refractivity contribution in [3.8, 4) is 17.2 Å². The number of alkyl halides is 2. The van der Waals surface area contributed by atoms with Crippen LogP contribution in [-0.2, 0) is 11.3 Å². The van der Waals surface area contributed by atoms with E-state index < -0.39 is 6.61 Å².